The molecule has 0 radical (unpaired) electrons. The number of piperidine rings is 1. The van der Waals surface area contributed by atoms with Gasteiger partial charge in [-0.25, -0.2) is 12.7 Å². The van der Waals surface area contributed by atoms with Gasteiger partial charge in [0.05, 0.1) is 6.26 Å². The normalized spacial score (nSPS) is 26.9. The summed E-state index contributed by atoms with van der Waals surface area (Å²) in [6, 6.07) is 0. The molecular formula is C15H27NO4S. The Morgan fingerprint density at radius 2 is 1.95 bits per heavy atom. The van der Waals surface area contributed by atoms with Crippen molar-refractivity contribution < 1.29 is 17.9 Å². The lowest BCUT2D eigenvalue weighted by Crippen LogP contribution is -2.44. The molecule has 2 fully saturated rings. The summed E-state index contributed by atoms with van der Waals surface area (Å²) < 4.78 is 30.6. The molecule has 0 aromatic carbocycles. The molecule has 0 aromatic heterocycles. The van der Waals surface area contributed by atoms with E-state index < -0.39 is 15.6 Å². The highest BCUT2D eigenvalue weighted by Gasteiger charge is 2.42. The number of ketones is 1. The molecule has 1 aliphatic carbocycles. The molecule has 0 N–H and O–H groups in total. The van der Waals surface area contributed by atoms with Gasteiger partial charge in [0.2, 0.25) is 10.0 Å². The summed E-state index contributed by atoms with van der Waals surface area (Å²) in [4.78, 5) is 12.7. The lowest BCUT2D eigenvalue weighted by molar-refractivity contribution is -0.144. The third kappa shape index (κ3) is 4.05. The Hall–Kier alpha value is -0.460. The van der Waals surface area contributed by atoms with Crippen LogP contribution in [0.15, 0.2) is 0 Å². The highest BCUT2D eigenvalue weighted by Crippen LogP contribution is 2.36. The lowest BCUT2D eigenvalue weighted by Gasteiger charge is -2.33. The van der Waals surface area contributed by atoms with Crippen molar-refractivity contribution in [2.45, 2.75) is 57.5 Å². The molecule has 1 unspecified atom stereocenters. The van der Waals surface area contributed by atoms with Crippen molar-refractivity contribution in [1.29, 1.82) is 0 Å². The zero-order valence-corrected chi connectivity index (χ0v) is 14.0. The second kappa shape index (κ2) is 6.75. The average Bonchev–Trinajstić information content (AvgIpc) is 2.88. The topological polar surface area (TPSA) is 63.7 Å². The van der Waals surface area contributed by atoms with Crippen LogP contribution in [0.4, 0.5) is 0 Å². The monoisotopic (exact) mass is 317 g/mol. The van der Waals surface area contributed by atoms with Crippen LogP contribution in [0, 0.1) is 5.92 Å². The van der Waals surface area contributed by atoms with Crippen molar-refractivity contribution in [3.63, 3.8) is 0 Å². The van der Waals surface area contributed by atoms with E-state index in [0.29, 0.717) is 26.1 Å². The minimum atomic E-state index is -3.15. The molecule has 6 heteroatoms. The fraction of sp³-hybridized carbons (Fsp3) is 0.933. The van der Waals surface area contributed by atoms with Crippen molar-refractivity contribution in [2.24, 2.45) is 5.92 Å². The number of hydrogen-bond acceptors (Lipinski definition) is 4. The fourth-order valence-electron chi connectivity index (χ4n) is 3.67. The molecule has 0 aromatic rings. The summed E-state index contributed by atoms with van der Waals surface area (Å²) >= 11 is 0. The maximum atomic E-state index is 12.7. The van der Waals surface area contributed by atoms with Gasteiger partial charge in [0.15, 0.2) is 5.78 Å². The first-order valence-corrected chi connectivity index (χ1v) is 9.84. The number of sulfonamides is 1. The molecule has 0 amide bonds. The first-order valence-electron chi connectivity index (χ1n) is 8.00. The average molecular weight is 317 g/mol. The van der Waals surface area contributed by atoms with Crippen molar-refractivity contribution >= 4 is 15.8 Å². The van der Waals surface area contributed by atoms with Gasteiger partial charge in [-0.2, -0.15) is 0 Å². The molecular weight excluding hydrogens is 290 g/mol. The molecule has 122 valence electrons. The summed E-state index contributed by atoms with van der Waals surface area (Å²) in [5.74, 6) is 0.320. The van der Waals surface area contributed by atoms with E-state index in [1.807, 2.05) is 6.92 Å². The second-order valence-corrected chi connectivity index (χ2v) is 8.37. The largest absolute Gasteiger partial charge is 0.368 e. The first kappa shape index (κ1) is 16.9. The molecule has 1 saturated carbocycles. The zero-order chi connectivity index (χ0) is 15.5. The number of nitrogens with zero attached hydrogens (tertiary/aromatic N) is 1. The minimum Gasteiger partial charge on any atom is -0.368 e. The van der Waals surface area contributed by atoms with Crippen molar-refractivity contribution in [3.8, 4) is 0 Å². The first-order chi connectivity index (χ1) is 9.87. The van der Waals surface area contributed by atoms with Crippen LogP contribution in [0.5, 0.6) is 0 Å². The van der Waals surface area contributed by atoms with Crippen LogP contribution in [0.3, 0.4) is 0 Å². The second-order valence-electron chi connectivity index (χ2n) is 6.39. The highest BCUT2D eigenvalue weighted by atomic mass is 32.2. The van der Waals surface area contributed by atoms with E-state index in [0.717, 1.165) is 38.5 Å². The predicted octanol–water partition coefficient (Wildman–Crippen LogP) is 1.97. The van der Waals surface area contributed by atoms with E-state index in [4.69, 9.17) is 4.74 Å². The van der Waals surface area contributed by atoms with Gasteiger partial charge in [0.25, 0.3) is 0 Å². The number of rotatable bonds is 6. The van der Waals surface area contributed by atoms with Gasteiger partial charge < -0.3 is 4.74 Å². The van der Waals surface area contributed by atoms with Gasteiger partial charge >= 0.3 is 0 Å². The number of Topliss-reactive ketones (excluding diaryl/α,β-unsaturated/α-hetero) is 1. The maximum absolute atomic E-state index is 12.7. The van der Waals surface area contributed by atoms with Crippen LogP contribution in [0.25, 0.3) is 0 Å². The summed E-state index contributed by atoms with van der Waals surface area (Å²) in [7, 11) is -3.15. The third-order valence-corrected chi connectivity index (χ3v) is 6.03. The molecule has 2 aliphatic rings. The van der Waals surface area contributed by atoms with Gasteiger partial charge in [-0.3, -0.25) is 4.79 Å². The Morgan fingerprint density at radius 3 is 2.52 bits per heavy atom. The van der Waals surface area contributed by atoms with E-state index in [9.17, 15) is 13.2 Å². The Balaban J connectivity index is 1.98. The van der Waals surface area contributed by atoms with Crippen LogP contribution < -0.4 is 0 Å². The molecule has 1 saturated heterocycles. The predicted molar refractivity (Wildman–Crippen MR) is 81.6 cm³/mol. The summed E-state index contributed by atoms with van der Waals surface area (Å²) in [5, 5.41) is 0. The van der Waals surface area contributed by atoms with E-state index in [1.54, 1.807) is 0 Å². The molecule has 2 rings (SSSR count). The smallest absolute Gasteiger partial charge is 0.211 e. The lowest BCUT2D eigenvalue weighted by atomic mass is 9.86. The van der Waals surface area contributed by atoms with Crippen LogP contribution in [-0.2, 0) is 19.6 Å². The number of ether oxygens (including phenoxy) is 1. The van der Waals surface area contributed by atoms with Crippen LogP contribution in [0.2, 0.25) is 0 Å². The molecule has 1 heterocycles. The quantitative estimate of drug-likeness (QED) is 0.751. The molecule has 0 bridgehead atoms. The molecule has 21 heavy (non-hydrogen) atoms. The van der Waals surface area contributed by atoms with Gasteiger partial charge in [0, 0.05) is 26.1 Å². The van der Waals surface area contributed by atoms with Crippen molar-refractivity contribution in [1.82, 2.24) is 4.31 Å². The Bertz CT molecular complexity index is 468. The highest BCUT2D eigenvalue weighted by molar-refractivity contribution is 7.88. The van der Waals surface area contributed by atoms with Gasteiger partial charge in [0.1, 0.15) is 5.60 Å². The van der Waals surface area contributed by atoms with Gasteiger partial charge in [-0.1, -0.05) is 0 Å². The summed E-state index contributed by atoms with van der Waals surface area (Å²) in [6.07, 6.45) is 7.20. The third-order valence-electron chi connectivity index (χ3n) is 4.76. The molecule has 5 nitrogen and oxygen atoms in total. The van der Waals surface area contributed by atoms with Crippen molar-refractivity contribution in [2.75, 3.05) is 26.0 Å². The Kier molecular flexibility index (Phi) is 5.43. The van der Waals surface area contributed by atoms with E-state index in [-0.39, 0.29) is 11.7 Å². The van der Waals surface area contributed by atoms with Gasteiger partial charge in [-0.05, 0) is 51.4 Å². The number of hydrogen-bond donors (Lipinski definition) is 0. The molecule has 1 aliphatic heterocycles. The van der Waals surface area contributed by atoms with Crippen molar-refractivity contribution in [3.05, 3.63) is 0 Å². The molecule has 1 atom stereocenters. The standard InChI is InChI=1S/C15H27NO4S/c1-3-20-15(8-4-5-9-15)14(17)11-13-7-6-10-16(12-13)21(2,18)19/h13H,3-12H2,1-2H3. The van der Waals surface area contributed by atoms with Crippen LogP contribution in [0.1, 0.15) is 51.9 Å². The Morgan fingerprint density at radius 1 is 1.29 bits per heavy atom. The zero-order valence-electron chi connectivity index (χ0n) is 13.1. The van der Waals surface area contributed by atoms with Crippen LogP contribution >= 0.6 is 0 Å². The fourth-order valence-corrected chi connectivity index (χ4v) is 4.61. The maximum Gasteiger partial charge on any atom is 0.211 e. The summed E-state index contributed by atoms with van der Waals surface area (Å²) in [6.45, 7) is 3.55. The number of carbonyl (C=O) groups is 1. The van der Waals surface area contributed by atoms with E-state index >= 15 is 0 Å². The molecule has 0 spiro atoms. The van der Waals surface area contributed by atoms with Crippen LogP contribution in [-0.4, -0.2) is 50.1 Å². The van der Waals surface area contributed by atoms with E-state index in [2.05, 4.69) is 0 Å². The number of carbonyl (C=O) groups excluding carboxylic acids is 1. The van der Waals surface area contributed by atoms with Gasteiger partial charge in [-0.15, -0.1) is 0 Å². The summed E-state index contributed by atoms with van der Waals surface area (Å²) in [5.41, 5.74) is -0.581. The minimum absolute atomic E-state index is 0.138. The Labute approximate surface area is 128 Å². The SMILES string of the molecule is CCOC1(C(=O)CC2CCCN(S(C)(=O)=O)C2)CCCC1. The van der Waals surface area contributed by atoms with E-state index in [1.165, 1.54) is 10.6 Å².